The van der Waals surface area contributed by atoms with Crippen molar-refractivity contribution in [3.8, 4) is 0 Å². The molecule has 0 spiro atoms. The van der Waals surface area contributed by atoms with Crippen LogP contribution in [-0.2, 0) is 9.47 Å². The summed E-state index contributed by atoms with van der Waals surface area (Å²) in [5, 5.41) is 0. The Morgan fingerprint density at radius 1 is 0.824 bits per heavy atom. The topological polar surface area (TPSA) is 18.5 Å². The lowest BCUT2D eigenvalue weighted by Crippen LogP contribution is -2.43. The fourth-order valence-electron chi connectivity index (χ4n) is 3.07. The molecule has 0 bridgehead atoms. The molecule has 0 aromatic heterocycles. The number of methoxy groups -OCH3 is 2. The number of hydrogen-bond donors (Lipinski definition) is 0. The van der Waals surface area contributed by atoms with Crippen LogP contribution in [0.25, 0.3) is 0 Å². The highest BCUT2D eigenvalue weighted by molar-refractivity contribution is 4.88. The van der Waals surface area contributed by atoms with Gasteiger partial charge in [0.1, 0.15) is 0 Å². The number of hydrogen-bond acceptors (Lipinski definition) is 2. The quantitative estimate of drug-likeness (QED) is 0.575. The van der Waals surface area contributed by atoms with E-state index in [1.807, 2.05) is 14.2 Å². The molecule has 2 atom stereocenters. The van der Waals surface area contributed by atoms with E-state index in [1.165, 1.54) is 25.7 Å². The van der Waals surface area contributed by atoms with Crippen LogP contribution in [-0.4, -0.2) is 27.4 Å². The van der Waals surface area contributed by atoms with E-state index < -0.39 is 0 Å². The van der Waals surface area contributed by atoms with Gasteiger partial charge in [0.05, 0.1) is 13.2 Å². The average Bonchev–Trinajstić information content (AvgIpc) is 2.29. The fraction of sp³-hybridized carbons (Fsp3) is 1.00. The second-order valence-corrected chi connectivity index (χ2v) is 5.48. The predicted octanol–water partition coefficient (Wildman–Crippen LogP) is 4.14. The third-order valence-electron chi connectivity index (χ3n) is 4.23. The van der Waals surface area contributed by atoms with Gasteiger partial charge in [0.2, 0.25) is 0 Å². The molecule has 2 unspecified atom stereocenters. The van der Waals surface area contributed by atoms with E-state index in [9.17, 15) is 0 Å². The van der Waals surface area contributed by atoms with Crippen molar-refractivity contribution in [2.75, 3.05) is 27.4 Å². The van der Waals surface area contributed by atoms with Crippen LogP contribution < -0.4 is 0 Å². The van der Waals surface area contributed by atoms with Crippen LogP contribution in [0.5, 0.6) is 0 Å². The van der Waals surface area contributed by atoms with Crippen LogP contribution in [0, 0.1) is 17.3 Å². The summed E-state index contributed by atoms with van der Waals surface area (Å²) in [4.78, 5) is 0. The highest BCUT2D eigenvalue weighted by atomic mass is 16.5. The van der Waals surface area contributed by atoms with Crippen LogP contribution in [0.4, 0.5) is 0 Å². The third kappa shape index (κ3) is 4.59. The van der Waals surface area contributed by atoms with Gasteiger partial charge in [0.15, 0.2) is 0 Å². The Hall–Kier alpha value is -0.0800. The highest BCUT2D eigenvalue weighted by Gasteiger charge is 2.40. The smallest absolute Gasteiger partial charge is 0.0545 e. The molecule has 0 saturated heterocycles. The molecule has 0 aromatic rings. The lowest BCUT2D eigenvalue weighted by atomic mass is 9.66. The molecule has 17 heavy (non-hydrogen) atoms. The summed E-state index contributed by atoms with van der Waals surface area (Å²) < 4.78 is 11.0. The van der Waals surface area contributed by atoms with Crippen molar-refractivity contribution >= 4 is 0 Å². The Morgan fingerprint density at radius 3 is 1.41 bits per heavy atom. The van der Waals surface area contributed by atoms with Crippen molar-refractivity contribution in [1.82, 2.24) is 0 Å². The maximum atomic E-state index is 5.51. The van der Waals surface area contributed by atoms with E-state index in [-0.39, 0.29) is 5.41 Å². The zero-order chi connectivity index (χ0) is 13.3. The number of ether oxygens (including phenoxy) is 2. The SMILES string of the molecule is CCCC(C)C(COC)(COC)C(C)CCC. The van der Waals surface area contributed by atoms with Crippen LogP contribution in [0.1, 0.15) is 53.4 Å². The lowest BCUT2D eigenvalue weighted by molar-refractivity contribution is -0.0655. The monoisotopic (exact) mass is 244 g/mol. The molecule has 0 aromatic carbocycles. The summed E-state index contributed by atoms with van der Waals surface area (Å²) in [5.74, 6) is 1.29. The standard InChI is InChI=1S/C15H32O2/c1-7-9-13(3)15(11-16-5,12-17-6)14(4)10-8-2/h13-14H,7-12H2,1-6H3. The Morgan fingerprint density at radius 2 is 1.18 bits per heavy atom. The first-order valence-electron chi connectivity index (χ1n) is 7.06. The summed E-state index contributed by atoms with van der Waals surface area (Å²) >= 11 is 0. The second-order valence-electron chi connectivity index (χ2n) is 5.48. The van der Waals surface area contributed by atoms with Crippen LogP contribution in [0.2, 0.25) is 0 Å². The van der Waals surface area contributed by atoms with Gasteiger partial charge in [-0.3, -0.25) is 0 Å². The molecule has 0 saturated carbocycles. The van der Waals surface area contributed by atoms with Crippen molar-refractivity contribution in [2.45, 2.75) is 53.4 Å². The number of rotatable bonds is 10. The predicted molar refractivity (Wildman–Crippen MR) is 74.3 cm³/mol. The van der Waals surface area contributed by atoms with Crippen LogP contribution in [0.15, 0.2) is 0 Å². The van der Waals surface area contributed by atoms with E-state index in [2.05, 4.69) is 27.7 Å². The Bertz CT molecular complexity index is 160. The molecular formula is C15H32O2. The van der Waals surface area contributed by atoms with Crippen molar-refractivity contribution < 1.29 is 9.47 Å². The van der Waals surface area contributed by atoms with Gasteiger partial charge in [-0.15, -0.1) is 0 Å². The lowest BCUT2D eigenvalue weighted by Gasteiger charge is -2.43. The first kappa shape index (κ1) is 16.9. The molecule has 0 amide bonds. The first-order valence-corrected chi connectivity index (χ1v) is 7.06. The summed E-state index contributed by atoms with van der Waals surface area (Å²) in [5.41, 5.74) is 0.176. The van der Waals surface area contributed by atoms with E-state index >= 15 is 0 Å². The molecule has 0 aliphatic rings. The van der Waals surface area contributed by atoms with Gasteiger partial charge in [-0.05, 0) is 11.8 Å². The third-order valence-corrected chi connectivity index (χ3v) is 4.23. The van der Waals surface area contributed by atoms with Crippen molar-refractivity contribution in [1.29, 1.82) is 0 Å². The summed E-state index contributed by atoms with van der Waals surface area (Å²) in [6.45, 7) is 10.8. The maximum Gasteiger partial charge on any atom is 0.0545 e. The first-order chi connectivity index (χ1) is 8.08. The Labute approximate surface area is 108 Å². The molecule has 0 aliphatic heterocycles. The minimum Gasteiger partial charge on any atom is -0.384 e. The summed E-state index contributed by atoms with van der Waals surface area (Å²) in [6, 6.07) is 0. The largest absolute Gasteiger partial charge is 0.384 e. The molecule has 0 rings (SSSR count). The Balaban J connectivity index is 4.94. The summed E-state index contributed by atoms with van der Waals surface area (Å²) in [7, 11) is 3.61. The zero-order valence-electron chi connectivity index (χ0n) is 12.7. The molecular weight excluding hydrogens is 212 g/mol. The maximum absolute atomic E-state index is 5.51. The van der Waals surface area contributed by atoms with Crippen LogP contribution >= 0.6 is 0 Å². The van der Waals surface area contributed by atoms with Crippen molar-refractivity contribution in [2.24, 2.45) is 17.3 Å². The van der Waals surface area contributed by atoms with Crippen molar-refractivity contribution in [3.05, 3.63) is 0 Å². The molecule has 0 aliphatic carbocycles. The molecule has 0 fully saturated rings. The van der Waals surface area contributed by atoms with Gasteiger partial charge in [-0.25, -0.2) is 0 Å². The Kier molecular flexibility index (Phi) is 8.89. The minimum atomic E-state index is 0.176. The highest BCUT2D eigenvalue weighted by Crippen LogP contribution is 2.41. The van der Waals surface area contributed by atoms with Crippen LogP contribution in [0.3, 0.4) is 0 Å². The van der Waals surface area contributed by atoms with E-state index in [0.29, 0.717) is 11.8 Å². The van der Waals surface area contributed by atoms with E-state index in [1.54, 1.807) is 0 Å². The molecule has 2 heteroatoms. The van der Waals surface area contributed by atoms with E-state index in [0.717, 1.165) is 13.2 Å². The zero-order valence-corrected chi connectivity index (χ0v) is 12.7. The average molecular weight is 244 g/mol. The van der Waals surface area contributed by atoms with Gasteiger partial charge >= 0.3 is 0 Å². The van der Waals surface area contributed by atoms with Gasteiger partial charge < -0.3 is 9.47 Å². The normalized spacial score (nSPS) is 15.9. The van der Waals surface area contributed by atoms with E-state index in [4.69, 9.17) is 9.47 Å². The van der Waals surface area contributed by atoms with Gasteiger partial charge in [0, 0.05) is 19.6 Å². The minimum absolute atomic E-state index is 0.176. The molecule has 0 heterocycles. The molecule has 0 N–H and O–H groups in total. The van der Waals surface area contributed by atoms with Gasteiger partial charge in [-0.2, -0.15) is 0 Å². The van der Waals surface area contributed by atoms with Gasteiger partial charge in [-0.1, -0.05) is 53.4 Å². The molecule has 0 radical (unpaired) electrons. The van der Waals surface area contributed by atoms with Crippen molar-refractivity contribution in [3.63, 3.8) is 0 Å². The molecule has 104 valence electrons. The second kappa shape index (κ2) is 8.93. The fourth-order valence-corrected chi connectivity index (χ4v) is 3.07. The summed E-state index contributed by atoms with van der Waals surface area (Å²) in [6.07, 6.45) is 4.96. The van der Waals surface area contributed by atoms with Gasteiger partial charge in [0.25, 0.3) is 0 Å². The molecule has 2 nitrogen and oxygen atoms in total.